The number of rotatable bonds is 22. The molecule has 0 saturated carbocycles. The van der Waals surface area contributed by atoms with Crippen LogP contribution in [-0.2, 0) is 45.1 Å². The normalized spacial score (nSPS) is 12.9. The van der Waals surface area contributed by atoms with E-state index in [1.54, 1.807) is 11.8 Å². The zero-order valence-electron chi connectivity index (χ0n) is 44.6. The number of ketones is 2. The number of halogens is 6. The Morgan fingerprint density at radius 3 is 1.46 bits per heavy atom. The highest BCUT2D eigenvalue weighted by Crippen LogP contribution is 2.25. The first-order chi connectivity index (χ1) is 35.9. The first kappa shape index (κ1) is 66.7. The zero-order chi connectivity index (χ0) is 55.1. The van der Waals surface area contributed by atoms with Crippen molar-refractivity contribution in [2.75, 3.05) is 45.4 Å². The lowest BCUT2D eigenvalue weighted by Crippen LogP contribution is -2.45. The molecular formula is C58H78BF6N6O4S. The predicted molar refractivity (Wildman–Crippen MR) is 299 cm³/mol. The fourth-order valence-corrected chi connectivity index (χ4v) is 8.25. The number of hydrogen-bond acceptors (Lipinski definition) is 8. The van der Waals surface area contributed by atoms with Crippen LogP contribution in [-0.4, -0.2) is 115 Å². The van der Waals surface area contributed by atoms with Crippen molar-refractivity contribution in [3.8, 4) is 0 Å². The van der Waals surface area contributed by atoms with Crippen LogP contribution < -0.4 is 11.5 Å². The van der Waals surface area contributed by atoms with Crippen LogP contribution in [0, 0.1) is 0 Å². The van der Waals surface area contributed by atoms with Crippen molar-refractivity contribution >= 4 is 59.5 Å². The number of amides is 1. The van der Waals surface area contributed by atoms with Gasteiger partial charge in [-0.05, 0) is 92.0 Å². The van der Waals surface area contributed by atoms with E-state index in [2.05, 4.69) is 108 Å². The monoisotopic (exact) mass is 1080 g/mol. The molecule has 0 unspecified atom stereocenters. The summed E-state index contributed by atoms with van der Waals surface area (Å²) in [6.45, 7) is 10.9. The van der Waals surface area contributed by atoms with E-state index in [9.17, 15) is 40.7 Å². The Morgan fingerprint density at radius 1 is 0.605 bits per heavy atom. The van der Waals surface area contributed by atoms with Gasteiger partial charge in [0.1, 0.15) is 0 Å². The molecule has 7 rings (SSSR count). The average Bonchev–Trinajstić information content (AvgIpc) is 4.20. The molecule has 76 heavy (non-hydrogen) atoms. The van der Waals surface area contributed by atoms with E-state index in [0.717, 1.165) is 80.7 Å². The molecule has 0 spiro atoms. The van der Waals surface area contributed by atoms with Gasteiger partial charge in [0.25, 0.3) is 0 Å². The van der Waals surface area contributed by atoms with Crippen molar-refractivity contribution in [3.63, 3.8) is 0 Å². The van der Waals surface area contributed by atoms with Gasteiger partial charge in [-0.25, -0.2) is 0 Å². The van der Waals surface area contributed by atoms with E-state index in [0.29, 0.717) is 13.0 Å². The minimum atomic E-state index is -5.77. The van der Waals surface area contributed by atoms with Gasteiger partial charge in [-0.3, -0.25) is 19.3 Å². The molecule has 1 aliphatic rings. The molecule has 2 atom stereocenters. The summed E-state index contributed by atoms with van der Waals surface area (Å²) >= 11 is 1.75. The number of Topliss-reactive ketones (excluding diaryl/α,β-unsaturated/α-hetero) is 2. The Balaban J connectivity index is 0.000000382. The molecule has 1 aliphatic heterocycles. The number of aromatic nitrogens is 2. The van der Waals surface area contributed by atoms with Gasteiger partial charge < -0.3 is 31.1 Å². The number of benzene rings is 4. The van der Waals surface area contributed by atoms with E-state index >= 15 is 0 Å². The molecule has 10 nitrogen and oxygen atoms in total. The summed E-state index contributed by atoms with van der Waals surface area (Å²) in [5.41, 5.74) is 20.2. The van der Waals surface area contributed by atoms with E-state index in [1.807, 2.05) is 60.0 Å². The highest BCUT2D eigenvalue weighted by Gasteiger charge is 2.54. The van der Waals surface area contributed by atoms with Crippen LogP contribution in [0.1, 0.15) is 100 Å². The molecule has 1 fully saturated rings. The number of carbonyl (C=O) groups is 3. The number of ether oxygens (including phenoxy) is 1. The minimum absolute atomic E-state index is 0. The topological polar surface area (TPSA) is 151 Å². The lowest BCUT2D eigenvalue weighted by molar-refractivity contribution is -0.193. The number of fused-ring (bicyclic) bond motifs is 2. The second-order valence-electron chi connectivity index (χ2n) is 18.5. The molecule has 6 aromatic rings. The van der Waals surface area contributed by atoms with E-state index in [1.165, 1.54) is 73.4 Å². The van der Waals surface area contributed by atoms with Crippen molar-refractivity contribution in [3.05, 3.63) is 144 Å². The zero-order valence-corrected chi connectivity index (χ0v) is 45.4. The van der Waals surface area contributed by atoms with Gasteiger partial charge >= 0.3 is 23.9 Å². The SMILES string of the molecule is C1CCOC1.CCCCCCN(Cc1ccccc1)C(=O)[C@@H](N)Cc1c[nH]c2ccccc12.CCCCCCN(Cc1ccccc1)C[C@@H](N)Cc1c[nH]c2ccccc12.CSC.O=C(C(=O)C(F)(F)F)C(F)(F)F.[B]. The van der Waals surface area contributed by atoms with E-state index in [-0.39, 0.29) is 20.4 Å². The van der Waals surface area contributed by atoms with Crippen molar-refractivity contribution in [1.29, 1.82) is 0 Å². The number of aromatic amines is 2. The predicted octanol–water partition coefficient (Wildman–Crippen LogP) is 12.4. The van der Waals surface area contributed by atoms with E-state index < -0.39 is 30.0 Å². The van der Waals surface area contributed by atoms with Crippen LogP contribution in [0.4, 0.5) is 26.3 Å². The lowest BCUT2D eigenvalue weighted by Gasteiger charge is -2.26. The Kier molecular flexibility index (Phi) is 32.1. The third-order valence-electron chi connectivity index (χ3n) is 12.0. The Hall–Kier alpha value is -5.40. The highest BCUT2D eigenvalue weighted by atomic mass is 32.2. The van der Waals surface area contributed by atoms with Crippen LogP contribution in [0.3, 0.4) is 0 Å². The number of alkyl halides is 6. The maximum Gasteiger partial charge on any atom is 0.458 e. The van der Waals surface area contributed by atoms with Crippen LogP contribution >= 0.6 is 11.8 Å². The van der Waals surface area contributed by atoms with Gasteiger partial charge in [-0.2, -0.15) is 38.1 Å². The van der Waals surface area contributed by atoms with Crippen molar-refractivity contribution in [2.45, 2.75) is 128 Å². The van der Waals surface area contributed by atoms with Crippen molar-refractivity contribution in [1.82, 2.24) is 19.8 Å². The molecular weight excluding hydrogens is 1000 g/mol. The fourth-order valence-electron chi connectivity index (χ4n) is 8.25. The maximum atomic E-state index is 13.2. The Bertz CT molecular complexity index is 2470. The van der Waals surface area contributed by atoms with Crippen LogP contribution in [0.15, 0.2) is 122 Å². The van der Waals surface area contributed by atoms with E-state index in [4.69, 9.17) is 16.2 Å². The Morgan fingerprint density at radius 2 is 1.03 bits per heavy atom. The summed E-state index contributed by atoms with van der Waals surface area (Å²) in [6, 6.07) is 37.1. The average molecular weight is 1080 g/mol. The molecule has 1 amide bonds. The number of unbranched alkanes of at least 4 members (excludes halogenated alkanes) is 6. The number of para-hydroxylation sites is 2. The summed E-state index contributed by atoms with van der Waals surface area (Å²) < 4.78 is 71.9. The first-order valence-electron chi connectivity index (χ1n) is 25.8. The van der Waals surface area contributed by atoms with Gasteiger partial charge in [0.2, 0.25) is 5.91 Å². The van der Waals surface area contributed by atoms with Gasteiger partial charge in [0.15, 0.2) is 0 Å². The molecule has 6 N–H and O–H groups in total. The number of carbonyl (C=O) groups excluding carboxylic acids is 3. The smallest absolute Gasteiger partial charge is 0.381 e. The summed E-state index contributed by atoms with van der Waals surface area (Å²) in [7, 11) is 0. The summed E-state index contributed by atoms with van der Waals surface area (Å²) in [6.07, 6.45) is 10.3. The number of H-pyrrole nitrogens is 2. The third kappa shape index (κ3) is 25.2. The number of hydrogen-bond donors (Lipinski definition) is 4. The summed E-state index contributed by atoms with van der Waals surface area (Å²) in [5.74, 6) is -6.78. The number of nitrogens with two attached hydrogens (primary N) is 2. The largest absolute Gasteiger partial charge is 0.458 e. The quantitative estimate of drug-likeness (QED) is 0.0227. The van der Waals surface area contributed by atoms with Crippen LogP contribution in [0.2, 0.25) is 0 Å². The second kappa shape index (κ2) is 36.6. The highest BCUT2D eigenvalue weighted by molar-refractivity contribution is 7.97. The summed E-state index contributed by atoms with van der Waals surface area (Å²) in [4.78, 5) is 43.5. The van der Waals surface area contributed by atoms with Gasteiger partial charge in [0.05, 0.1) is 6.04 Å². The van der Waals surface area contributed by atoms with Gasteiger partial charge in [-0.15, -0.1) is 0 Å². The van der Waals surface area contributed by atoms with Crippen molar-refractivity contribution < 1.29 is 45.5 Å². The first-order valence-corrected chi connectivity index (χ1v) is 27.5. The lowest BCUT2D eigenvalue weighted by atomic mass is 10.0. The third-order valence-corrected chi connectivity index (χ3v) is 12.0. The molecule has 18 heteroatoms. The summed E-state index contributed by atoms with van der Waals surface area (Å²) in [5, 5.41) is 2.44. The van der Waals surface area contributed by atoms with Crippen molar-refractivity contribution in [2.24, 2.45) is 11.5 Å². The maximum absolute atomic E-state index is 13.2. The molecule has 0 bridgehead atoms. The molecule has 2 aromatic heterocycles. The molecule has 4 aromatic carbocycles. The Labute approximate surface area is 452 Å². The van der Waals surface area contributed by atoms with Crippen LogP contribution in [0.5, 0.6) is 0 Å². The molecule has 3 radical (unpaired) electrons. The molecule has 3 heterocycles. The molecule has 0 aliphatic carbocycles. The molecule has 1 saturated heterocycles. The van der Waals surface area contributed by atoms with Gasteiger partial charge in [-0.1, -0.05) is 149 Å². The second-order valence-corrected chi connectivity index (χ2v) is 19.3. The molecule has 415 valence electrons. The van der Waals surface area contributed by atoms with Gasteiger partial charge in [0, 0.05) is 88.0 Å². The number of nitrogens with zero attached hydrogens (tertiary/aromatic N) is 2. The standard InChI is InChI=1S/C24H31N3O.C24H33N3.C4F6O2.C4H8O.C2H6S.B/c1-2-3-4-10-15-27(18-19-11-6-5-7-12-19)24(28)22(25)16-20-17-26-23-14-9-8-13-21(20)23;1-2-3-4-10-15-27(18-20-11-6-5-7-12-20)19-22(25)16-21-17-26-24-14-9-8-13-23(21)24;5-3(6,7)1(11)2(12)4(8,9)10;1-2-4-5-3-1;1-3-2;/h5-9,11-14,17,22,26H,2-4,10,15-16,18,25H2,1H3;5-9,11-14,17,22,26H,2-4,10,15-16,18-19,25H2,1H3;;1-4H2;1-2H3;/t2*22-;;;;/m00..../s1. The number of nitrogens with one attached hydrogen (secondary N) is 2. The number of thioether (sulfide) groups is 1. The van der Waals surface area contributed by atoms with Crippen LogP contribution in [0.25, 0.3) is 21.8 Å². The fraction of sp³-hybridized carbons (Fsp3) is 0.466. The minimum Gasteiger partial charge on any atom is -0.381 e.